The highest BCUT2D eigenvalue weighted by Gasteiger charge is 2.34. The van der Waals surface area contributed by atoms with Crippen LogP contribution in [-0.2, 0) is 4.43 Å². The average Bonchev–Trinajstić information content (AvgIpc) is 2.32. The summed E-state index contributed by atoms with van der Waals surface area (Å²) in [6.45, 7) is 10.6. The van der Waals surface area contributed by atoms with Gasteiger partial charge < -0.3 is 4.43 Å². The molecule has 0 N–H and O–H groups in total. The van der Waals surface area contributed by atoms with Crippen molar-refractivity contribution >= 4 is 8.32 Å². The highest BCUT2D eigenvalue weighted by atomic mass is 28.4. The molecule has 0 aromatic carbocycles. The van der Waals surface area contributed by atoms with Gasteiger partial charge in [-0.2, -0.15) is 0 Å². The molecular weight excluding hydrogens is 224 g/mol. The van der Waals surface area contributed by atoms with Gasteiger partial charge in [-0.3, -0.25) is 0 Å². The van der Waals surface area contributed by atoms with Gasteiger partial charge in [-0.25, -0.2) is 0 Å². The van der Waals surface area contributed by atoms with Crippen molar-refractivity contribution in [1.82, 2.24) is 0 Å². The topological polar surface area (TPSA) is 9.23 Å². The lowest BCUT2D eigenvalue weighted by Gasteiger charge is -2.35. The van der Waals surface area contributed by atoms with Crippen molar-refractivity contribution in [3.8, 4) is 36.0 Å². The van der Waals surface area contributed by atoms with E-state index in [2.05, 4.69) is 50.4 Å². The molecule has 0 spiro atoms. The zero-order valence-electron chi connectivity index (χ0n) is 11.6. The minimum atomic E-state index is -1.61. The number of terminal acetylenes is 1. The van der Waals surface area contributed by atoms with Crippen LogP contribution in [0.25, 0.3) is 0 Å². The maximum atomic E-state index is 6.30. The lowest BCUT2D eigenvalue weighted by Crippen LogP contribution is -2.43. The molecule has 0 heterocycles. The van der Waals surface area contributed by atoms with Crippen molar-refractivity contribution < 1.29 is 4.43 Å². The molecule has 17 heavy (non-hydrogen) atoms. The van der Waals surface area contributed by atoms with Crippen LogP contribution in [0.4, 0.5) is 0 Å². The van der Waals surface area contributed by atoms with Gasteiger partial charge in [0, 0.05) is 0 Å². The molecule has 0 bridgehead atoms. The highest BCUT2D eigenvalue weighted by Crippen LogP contribution is 2.27. The Balaban J connectivity index is 4.83. The van der Waals surface area contributed by atoms with Crippen molar-refractivity contribution in [3.63, 3.8) is 0 Å². The van der Waals surface area contributed by atoms with Crippen molar-refractivity contribution in [2.45, 2.75) is 58.4 Å². The molecular formula is C15H22OSi. The summed E-state index contributed by atoms with van der Waals surface area (Å²) in [5.41, 5.74) is -0.433. The predicted molar refractivity (Wildman–Crippen MR) is 76.7 cm³/mol. The molecule has 0 radical (unpaired) electrons. The quantitative estimate of drug-likeness (QED) is 0.533. The summed E-state index contributed by atoms with van der Waals surface area (Å²) in [6.07, 6.45) is 5.03. The van der Waals surface area contributed by atoms with Gasteiger partial charge in [0.2, 0.25) is 0 Å². The first-order valence-electron chi connectivity index (χ1n) is 6.13. The third-order valence-corrected chi connectivity index (χ3v) is 7.77. The van der Waals surface area contributed by atoms with Crippen LogP contribution in [0.1, 0.15) is 34.6 Å². The van der Waals surface area contributed by atoms with E-state index >= 15 is 0 Å². The molecule has 0 amide bonds. The van der Waals surface area contributed by atoms with Crippen LogP contribution in [0, 0.1) is 36.0 Å². The monoisotopic (exact) mass is 246 g/mol. The summed E-state index contributed by atoms with van der Waals surface area (Å²) < 4.78 is 6.30. The van der Waals surface area contributed by atoms with Crippen LogP contribution in [0.5, 0.6) is 0 Å². The molecule has 2 heteroatoms. The zero-order valence-corrected chi connectivity index (χ0v) is 12.6. The summed E-state index contributed by atoms with van der Waals surface area (Å²) in [5.74, 6) is 13.2. The van der Waals surface area contributed by atoms with E-state index < -0.39 is 13.9 Å². The van der Waals surface area contributed by atoms with Gasteiger partial charge >= 0.3 is 0 Å². The second kappa shape index (κ2) is 7.23. The van der Waals surface area contributed by atoms with E-state index in [9.17, 15) is 0 Å². The van der Waals surface area contributed by atoms with E-state index in [0.29, 0.717) is 0 Å². The summed E-state index contributed by atoms with van der Waals surface area (Å²) in [5, 5.41) is 0. The molecule has 0 unspecified atom stereocenters. The van der Waals surface area contributed by atoms with Crippen LogP contribution in [0.2, 0.25) is 18.1 Å². The fourth-order valence-electron chi connectivity index (χ4n) is 1.78. The first-order valence-corrected chi connectivity index (χ1v) is 8.66. The normalized spacial score (nSPS) is 10.6. The molecule has 0 aromatic heterocycles. The SMILES string of the molecule is C#CC#CC#CC(C)(C)O[Si](CC)(CC)CC. The Kier molecular flexibility index (Phi) is 6.75. The van der Waals surface area contributed by atoms with Gasteiger partial charge in [-0.1, -0.05) is 26.7 Å². The molecule has 0 aliphatic carbocycles. The second-order valence-corrected chi connectivity index (χ2v) is 9.19. The first kappa shape index (κ1) is 15.9. The maximum Gasteiger partial charge on any atom is 0.194 e. The van der Waals surface area contributed by atoms with Gasteiger partial charge in [0.05, 0.1) is 0 Å². The van der Waals surface area contributed by atoms with Crippen molar-refractivity contribution in [1.29, 1.82) is 0 Å². The lowest BCUT2D eigenvalue weighted by molar-refractivity contribution is 0.157. The van der Waals surface area contributed by atoms with E-state index in [1.165, 1.54) is 0 Å². The van der Waals surface area contributed by atoms with Crippen molar-refractivity contribution in [3.05, 3.63) is 0 Å². The van der Waals surface area contributed by atoms with Crippen LogP contribution in [-0.4, -0.2) is 13.9 Å². The van der Waals surface area contributed by atoms with Gasteiger partial charge in [0.1, 0.15) is 5.60 Å². The van der Waals surface area contributed by atoms with Gasteiger partial charge in [-0.15, -0.1) is 6.42 Å². The Hall–Kier alpha value is -1.14. The van der Waals surface area contributed by atoms with Crippen LogP contribution < -0.4 is 0 Å². The maximum absolute atomic E-state index is 6.30. The third-order valence-electron chi connectivity index (χ3n) is 2.97. The standard InChI is InChI=1S/C15H22OSi/c1-7-11-12-13-14-15(5,6)16-17(8-2,9-3)10-4/h1H,8-10H2,2-6H3. The number of hydrogen-bond acceptors (Lipinski definition) is 1. The van der Waals surface area contributed by atoms with E-state index in [4.69, 9.17) is 10.8 Å². The smallest absolute Gasteiger partial charge is 0.194 e. The van der Waals surface area contributed by atoms with Crippen molar-refractivity contribution in [2.24, 2.45) is 0 Å². The molecule has 0 saturated heterocycles. The van der Waals surface area contributed by atoms with Gasteiger partial charge in [0.15, 0.2) is 8.32 Å². The van der Waals surface area contributed by atoms with E-state index in [0.717, 1.165) is 18.1 Å². The molecule has 1 nitrogen and oxygen atoms in total. The summed E-state index contributed by atoms with van der Waals surface area (Å²) >= 11 is 0. The highest BCUT2D eigenvalue weighted by molar-refractivity contribution is 6.73. The lowest BCUT2D eigenvalue weighted by atomic mass is 10.1. The first-order chi connectivity index (χ1) is 7.95. The van der Waals surface area contributed by atoms with E-state index in [1.54, 1.807) is 0 Å². The van der Waals surface area contributed by atoms with Crippen LogP contribution in [0.3, 0.4) is 0 Å². The van der Waals surface area contributed by atoms with Gasteiger partial charge in [0.25, 0.3) is 0 Å². The average molecular weight is 246 g/mol. The molecule has 0 aliphatic heterocycles. The van der Waals surface area contributed by atoms with Crippen LogP contribution >= 0.6 is 0 Å². The largest absolute Gasteiger partial charge is 0.401 e. The van der Waals surface area contributed by atoms with E-state index in [-0.39, 0.29) is 0 Å². The number of hydrogen-bond donors (Lipinski definition) is 0. The second-order valence-electron chi connectivity index (χ2n) is 4.50. The fourth-order valence-corrected chi connectivity index (χ4v) is 4.85. The Morgan fingerprint density at radius 2 is 1.53 bits per heavy atom. The zero-order chi connectivity index (χ0) is 13.4. The van der Waals surface area contributed by atoms with Crippen molar-refractivity contribution in [2.75, 3.05) is 0 Å². The molecule has 0 aromatic rings. The van der Waals surface area contributed by atoms with Crippen LogP contribution in [0.15, 0.2) is 0 Å². The molecule has 0 aliphatic rings. The third kappa shape index (κ3) is 5.65. The Labute approximate surface area is 107 Å². The minimum Gasteiger partial charge on any atom is -0.401 e. The summed E-state index contributed by atoms with van der Waals surface area (Å²) in [6, 6.07) is 3.38. The molecule has 0 fully saturated rings. The minimum absolute atomic E-state index is 0.433. The molecule has 0 saturated carbocycles. The Morgan fingerprint density at radius 1 is 1.00 bits per heavy atom. The summed E-state index contributed by atoms with van der Waals surface area (Å²) in [7, 11) is -1.61. The molecule has 0 rings (SSSR count). The molecule has 0 atom stereocenters. The molecule has 92 valence electrons. The fraction of sp³-hybridized carbons (Fsp3) is 0.600. The van der Waals surface area contributed by atoms with E-state index in [1.807, 2.05) is 13.8 Å². The summed E-state index contributed by atoms with van der Waals surface area (Å²) in [4.78, 5) is 0. The predicted octanol–water partition coefficient (Wildman–Crippen LogP) is 3.43. The number of rotatable bonds is 5. The Bertz CT molecular complexity index is 380. The Morgan fingerprint density at radius 3 is 1.94 bits per heavy atom. The van der Waals surface area contributed by atoms with Gasteiger partial charge in [-0.05, 0) is 55.7 Å².